The first-order chi connectivity index (χ1) is 10.1. The summed E-state index contributed by atoms with van der Waals surface area (Å²) in [6.07, 6.45) is 5.87. The molecule has 6 heteroatoms. The highest BCUT2D eigenvalue weighted by atomic mass is 16.3. The minimum atomic E-state index is -0.626. The molecule has 1 aliphatic rings. The zero-order chi connectivity index (χ0) is 15.3. The van der Waals surface area contributed by atoms with E-state index in [1.54, 1.807) is 6.07 Å². The predicted molar refractivity (Wildman–Crippen MR) is 84.9 cm³/mol. The molecule has 1 saturated carbocycles. The van der Waals surface area contributed by atoms with Crippen molar-refractivity contribution in [1.82, 2.24) is 9.97 Å². The second-order valence-electron chi connectivity index (χ2n) is 5.98. The zero-order valence-corrected chi connectivity index (χ0v) is 13.0. The molecule has 0 saturated heterocycles. The number of rotatable bonds is 6. The van der Waals surface area contributed by atoms with Crippen LogP contribution >= 0.6 is 0 Å². The molecule has 0 radical (unpaired) electrons. The van der Waals surface area contributed by atoms with Gasteiger partial charge in [0.15, 0.2) is 0 Å². The van der Waals surface area contributed by atoms with Gasteiger partial charge >= 0.3 is 0 Å². The monoisotopic (exact) mass is 293 g/mol. The van der Waals surface area contributed by atoms with Crippen LogP contribution in [0.5, 0.6) is 0 Å². The first kappa shape index (κ1) is 16.0. The predicted octanol–water partition coefficient (Wildman–Crippen LogP) is 2.07. The SMILES string of the molecule is CCc1nc(NN)cc(NCC2(O)CCC(CC)CC2)n1. The highest BCUT2D eigenvalue weighted by molar-refractivity contribution is 5.47. The van der Waals surface area contributed by atoms with Gasteiger partial charge in [-0.1, -0.05) is 20.3 Å². The Kier molecular flexibility index (Phi) is 5.36. The number of hydrogen-bond donors (Lipinski definition) is 4. The second-order valence-corrected chi connectivity index (χ2v) is 5.98. The molecule has 0 spiro atoms. The number of nitrogens with two attached hydrogens (primary N) is 1. The summed E-state index contributed by atoms with van der Waals surface area (Å²) in [5.41, 5.74) is 1.92. The average Bonchev–Trinajstić information content (AvgIpc) is 2.53. The van der Waals surface area contributed by atoms with Crippen molar-refractivity contribution in [3.8, 4) is 0 Å². The molecule has 0 aliphatic heterocycles. The molecule has 21 heavy (non-hydrogen) atoms. The van der Waals surface area contributed by atoms with Crippen LogP contribution in [0.2, 0.25) is 0 Å². The maximum atomic E-state index is 10.7. The Morgan fingerprint density at radius 1 is 1.29 bits per heavy atom. The molecule has 0 unspecified atom stereocenters. The van der Waals surface area contributed by atoms with Crippen molar-refractivity contribution in [3.05, 3.63) is 11.9 Å². The van der Waals surface area contributed by atoms with E-state index in [9.17, 15) is 5.11 Å². The maximum Gasteiger partial charge on any atom is 0.145 e. The van der Waals surface area contributed by atoms with Crippen molar-refractivity contribution in [2.45, 2.75) is 58.0 Å². The Labute approximate surface area is 126 Å². The lowest BCUT2D eigenvalue weighted by molar-refractivity contribution is 0.00222. The van der Waals surface area contributed by atoms with E-state index in [-0.39, 0.29) is 0 Å². The van der Waals surface area contributed by atoms with Crippen LogP contribution in [0.4, 0.5) is 11.6 Å². The van der Waals surface area contributed by atoms with Gasteiger partial charge in [0.2, 0.25) is 0 Å². The van der Waals surface area contributed by atoms with Crippen LogP contribution in [0.15, 0.2) is 6.07 Å². The highest BCUT2D eigenvalue weighted by Gasteiger charge is 2.32. The van der Waals surface area contributed by atoms with Crippen LogP contribution in [0.1, 0.15) is 51.8 Å². The van der Waals surface area contributed by atoms with Crippen LogP contribution in [-0.4, -0.2) is 27.2 Å². The number of aliphatic hydroxyl groups is 1. The summed E-state index contributed by atoms with van der Waals surface area (Å²) in [6, 6.07) is 1.76. The lowest BCUT2D eigenvalue weighted by Crippen LogP contribution is -2.40. The first-order valence-corrected chi connectivity index (χ1v) is 7.89. The van der Waals surface area contributed by atoms with Gasteiger partial charge in [-0.15, -0.1) is 0 Å². The summed E-state index contributed by atoms with van der Waals surface area (Å²) in [5.74, 6) is 8.22. The van der Waals surface area contributed by atoms with E-state index >= 15 is 0 Å². The van der Waals surface area contributed by atoms with Gasteiger partial charge in [0, 0.05) is 19.0 Å². The Bertz CT molecular complexity index is 435. The molecular formula is C15H27N5O. The van der Waals surface area contributed by atoms with E-state index in [0.29, 0.717) is 18.2 Å². The molecule has 0 aromatic carbocycles. The fourth-order valence-corrected chi connectivity index (χ4v) is 2.87. The van der Waals surface area contributed by atoms with Crippen LogP contribution in [0.25, 0.3) is 0 Å². The molecular weight excluding hydrogens is 266 g/mol. The Morgan fingerprint density at radius 2 is 1.95 bits per heavy atom. The number of nitrogen functional groups attached to an aromatic ring is 1. The van der Waals surface area contributed by atoms with Crippen molar-refractivity contribution < 1.29 is 5.11 Å². The lowest BCUT2D eigenvalue weighted by Gasteiger charge is -2.36. The number of nitrogens with zero attached hydrogens (tertiary/aromatic N) is 2. The van der Waals surface area contributed by atoms with Crippen molar-refractivity contribution in [2.24, 2.45) is 11.8 Å². The van der Waals surface area contributed by atoms with E-state index in [1.165, 1.54) is 6.42 Å². The summed E-state index contributed by atoms with van der Waals surface area (Å²) in [5, 5.41) is 13.9. The number of anilines is 2. The molecule has 118 valence electrons. The third kappa shape index (κ3) is 4.28. The number of aryl methyl sites for hydroxylation is 1. The first-order valence-electron chi connectivity index (χ1n) is 7.89. The molecule has 1 heterocycles. The summed E-state index contributed by atoms with van der Waals surface area (Å²) < 4.78 is 0. The number of nitrogens with one attached hydrogen (secondary N) is 2. The zero-order valence-electron chi connectivity index (χ0n) is 13.0. The second kappa shape index (κ2) is 7.04. The van der Waals surface area contributed by atoms with Crippen LogP contribution in [-0.2, 0) is 6.42 Å². The average molecular weight is 293 g/mol. The Hall–Kier alpha value is -1.40. The Balaban J connectivity index is 1.96. The summed E-state index contributed by atoms with van der Waals surface area (Å²) >= 11 is 0. The quantitative estimate of drug-likeness (QED) is 0.474. The van der Waals surface area contributed by atoms with Crippen molar-refractivity contribution in [2.75, 3.05) is 17.3 Å². The van der Waals surface area contributed by atoms with E-state index in [2.05, 4.69) is 27.6 Å². The van der Waals surface area contributed by atoms with Gasteiger partial charge in [0.25, 0.3) is 0 Å². The standard InChI is InChI=1S/C15H27N5O/c1-3-11-5-7-15(21,8-6-11)10-17-13-9-14(20-16)19-12(4-2)18-13/h9,11,21H,3-8,10,16H2,1-2H3,(H2,17,18,19,20). The number of hydrogen-bond acceptors (Lipinski definition) is 6. The molecule has 0 bridgehead atoms. The minimum Gasteiger partial charge on any atom is -0.388 e. The molecule has 1 aromatic rings. The third-order valence-corrected chi connectivity index (χ3v) is 4.45. The van der Waals surface area contributed by atoms with Gasteiger partial charge in [-0.05, 0) is 31.6 Å². The normalized spacial score (nSPS) is 25.6. The highest BCUT2D eigenvalue weighted by Crippen LogP contribution is 2.33. The number of hydrazine groups is 1. The third-order valence-electron chi connectivity index (χ3n) is 4.45. The molecule has 0 atom stereocenters. The minimum absolute atomic E-state index is 0.521. The Morgan fingerprint density at radius 3 is 2.52 bits per heavy atom. The summed E-state index contributed by atoms with van der Waals surface area (Å²) in [4.78, 5) is 8.67. The van der Waals surface area contributed by atoms with Crippen molar-refractivity contribution >= 4 is 11.6 Å². The summed E-state index contributed by atoms with van der Waals surface area (Å²) in [7, 11) is 0. The van der Waals surface area contributed by atoms with Gasteiger partial charge < -0.3 is 15.8 Å². The van der Waals surface area contributed by atoms with Gasteiger partial charge in [0.1, 0.15) is 17.5 Å². The van der Waals surface area contributed by atoms with Crippen LogP contribution < -0.4 is 16.6 Å². The van der Waals surface area contributed by atoms with Crippen molar-refractivity contribution in [1.29, 1.82) is 0 Å². The van der Waals surface area contributed by atoms with Gasteiger partial charge in [0.05, 0.1) is 5.60 Å². The van der Waals surface area contributed by atoms with Gasteiger partial charge in [-0.3, -0.25) is 0 Å². The largest absolute Gasteiger partial charge is 0.388 e. The molecule has 0 amide bonds. The van der Waals surface area contributed by atoms with E-state index in [4.69, 9.17) is 5.84 Å². The maximum absolute atomic E-state index is 10.7. The van der Waals surface area contributed by atoms with Crippen LogP contribution in [0.3, 0.4) is 0 Å². The topological polar surface area (TPSA) is 96.1 Å². The van der Waals surface area contributed by atoms with Crippen LogP contribution in [0, 0.1) is 5.92 Å². The van der Waals surface area contributed by atoms with Gasteiger partial charge in [-0.25, -0.2) is 15.8 Å². The molecule has 6 nitrogen and oxygen atoms in total. The summed E-state index contributed by atoms with van der Waals surface area (Å²) in [6.45, 7) is 4.74. The number of aromatic nitrogens is 2. The molecule has 1 fully saturated rings. The molecule has 2 rings (SSSR count). The van der Waals surface area contributed by atoms with Crippen molar-refractivity contribution in [3.63, 3.8) is 0 Å². The molecule has 1 aliphatic carbocycles. The van der Waals surface area contributed by atoms with E-state index in [1.807, 2.05) is 6.92 Å². The molecule has 5 N–H and O–H groups in total. The molecule has 1 aromatic heterocycles. The fourth-order valence-electron chi connectivity index (χ4n) is 2.87. The lowest BCUT2D eigenvalue weighted by atomic mass is 9.78. The van der Waals surface area contributed by atoms with Gasteiger partial charge in [-0.2, -0.15) is 0 Å². The van der Waals surface area contributed by atoms with E-state index in [0.717, 1.165) is 43.8 Å². The smallest absolute Gasteiger partial charge is 0.145 e. The van der Waals surface area contributed by atoms with E-state index < -0.39 is 5.60 Å². The fraction of sp³-hybridized carbons (Fsp3) is 0.733.